The molecule has 2 aliphatic rings. The van der Waals surface area contributed by atoms with Crippen molar-refractivity contribution < 1.29 is 9.53 Å². The highest BCUT2D eigenvalue weighted by atomic mass is 16.5. The number of nitrogen functional groups attached to an aromatic ring is 1. The minimum atomic E-state index is 0.195. The van der Waals surface area contributed by atoms with Gasteiger partial charge in [-0.1, -0.05) is 6.07 Å². The summed E-state index contributed by atoms with van der Waals surface area (Å²) in [5.74, 6) is 1.44. The number of benzene rings is 1. The molecule has 1 aromatic carbocycles. The van der Waals surface area contributed by atoms with E-state index >= 15 is 0 Å². The normalized spacial score (nSPS) is 25.9. The second kappa shape index (κ2) is 5.23. The third kappa shape index (κ3) is 2.28. The van der Waals surface area contributed by atoms with Gasteiger partial charge in [0, 0.05) is 25.6 Å². The summed E-state index contributed by atoms with van der Waals surface area (Å²) in [5.41, 5.74) is 7.92. The van der Waals surface area contributed by atoms with Crippen LogP contribution in [0.5, 0.6) is 5.75 Å². The lowest BCUT2D eigenvalue weighted by atomic mass is 9.85. The number of nitrogens with one attached hydrogen (secondary N) is 1. The molecule has 2 aliphatic heterocycles. The monoisotopic (exact) mass is 275 g/mol. The molecule has 5 heteroatoms. The summed E-state index contributed by atoms with van der Waals surface area (Å²) in [7, 11) is 1.64. The van der Waals surface area contributed by atoms with Gasteiger partial charge in [0.05, 0.1) is 18.5 Å². The number of nitrogens with zero attached hydrogens (tertiary/aromatic N) is 1. The summed E-state index contributed by atoms with van der Waals surface area (Å²) < 4.78 is 5.29. The number of carbonyl (C=O) groups is 1. The molecule has 5 nitrogen and oxygen atoms in total. The highest BCUT2D eigenvalue weighted by molar-refractivity contribution is 5.77. The Hall–Kier alpha value is -1.91. The summed E-state index contributed by atoms with van der Waals surface area (Å²) in [6.07, 6.45) is 2.59. The van der Waals surface area contributed by atoms with E-state index in [0.717, 1.165) is 37.4 Å². The van der Waals surface area contributed by atoms with Crippen LogP contribution in [0.25, 0.3) is 0 Å². The van der Waals surface area contributed by atoms with Crippen molar-refractivity contribution >= 4 is 17.3 Å². The van der Waals surface area contributed by atoms with E-state index < -0.39 is 0 Å². The van der Waals surface area contributed by atoms with Gasteiger partial charge in [0.2, 0.25) is 5.91 Å². The van der Waals surface area contributed by atoms with Gasteiger partial charge in [0.25, 0.3) is 0 Å². The van der Waals surface area contributed by atoms with Crippen LogP contribution in [-0.4, -0.2) is 32.1 Å². The average Bonchev–Trinajstić information content (AvgIpc) is 2.47. The quantitative estimate of drug-likeness (QED) is 0.800. The molecule has 0 spiro atoms. The molecule has 0 aliphatic carbocycles. The lowest BCUT2D eigenvalue weighted by molar-refractivity contribution is -0.124. The maximum atomic E-state index is 11.4. The van der Waals surface area contributed by atoms with Crippen LogP contribution in [0.3, 0.4) is 0 Å². The van der Waals surface area contributed by atoms with E-state index in [1.54, 1.807) is 7.11 Å². The van der Waals surface area contributed by atoms with Gasteiger partial charge in [0.15, 0.2) is 0 Å². The van der Waals surface area contributed by atoms with Crippen molar-refractivity contribution in [3.8, 4) is 5.75 Å². The van der Waals surface area contributed by atoms with Crippen LogP contribution < -0.4 is 20.7 Å². The largest absolute Gasteiger partial charge is 0.495 e. The number of carbonyl (C=O) groups excluding carboxylic acids is 1. The van der Waals surface area contributed by atoms with E-state index in [1.807, 2.05) is 18.2 Å². The van der Waals surface area contributed by atoms with Crippen LogP contribution in [0.15, 0.2) is 18.2 Å². The number of hydrogen-bond donors (Lipinski definition) is 2. The molecule has 2 fully saturated rings. The summed E-state index contributed by atoms with van der Waals surface area (Å²) >= 11 is 0. The van der Waals surface area contributed by atoms with Crippen molar-refractivity contribution in [2.24, 2.45) is 5.92 Å². The molecule has 108 valence electrons. The van der Waals surface area contributed by atoms with Crippen LogP contribution in [0.4, 0.5) is 11.4 Å². The van der Waals surface area contributed by atoms with Crippen LogP contribution in [0, 0.1) is 5.92 Å². The van der Waals surface area contributed by atoms with E-state index in [-0.39, 0.29) is 5.91 Å². The molecular formula is C15H21N3O2. The van der Waals surface area contributed by atoms with E-state index in [9.17, 15) is 4.79 Å². The predicted molar refractivity (Wildman–Crippen MR) is 78.9 cm³/mol. The Balaban J connectivity index is 1.78. The molecule has 3 N–H and O–H groups in total. The van der Waals surface area contributed by atoms with Crippen LogP contribution in [0.2, 0.25) is 0 Å². The minimum Gasteiger partial charge on any atom is -0.495 e. The second-order valence-electron chi connectivity index (χ2n) is 5.60. The number of nitrogens with two attached hydrogens (primary N) is 1. The fourth-order valence-corrected chi connectivity index (χ4v) is 3.32. The molecule has 2 heterocycles. The average molecular weight is 275 g/mol. The molecule has 1 aromatic rings. The number of ether oxygens (including phenoxy) is 1. The smallest absolute Gasteiger partial charge is 0.220 e. The van der Waals surface area contributed by atoms with Crippen molar-refractivity contribution in [1.29, 1.82) is 0 Å². The van der Waals surface area contributed by atoms with Crippen LogP contribution >= 0.6 is 0 Å². The summed E-state index contributed by atoms with van der Waals surface area (Å²) in [6.45, 7) is 1.86. The number of anilines is 2. The summed E-state index contributed by atoms with van der Waals surface area (Å²) in [5, 5.41) is 3.11. The zero-order valence-electron chi connectivity index (χ0n) is 11.8. The van der Waals surface area contributed by atoms with Gasteiger partial charge in [-0.25, -0.2) is 0 Å². The third-order valence-electron chi connectivity index (χ3n) is 4.43. The van der Waals surface area contributed by atoms with Gasteiger partial charge in [-0.2, -0.15) is 0 Å². The first-order chi connectivity index (χ1) is 9.69. The first kappa shape index (κ1) is 13.1. The Kier molecular flexibility index (Phi) is 3.42. The number of rotatable bonds is 2. The molecule has 0 aromatic heterocycles. The SMILES string of the molecule is COc1cccc(N2CCC3NC(=O)CCC3C2)c1N. The van der Waals surface area contributed by atoms with Crippen molar-refractivity contribution in [3.63, 3.8) is 0 Å². The van der Waals surface area contributed by atoms with E-state index in [1.165, 1.54) is 0 Å². The van der Waals surface area contributed by atoms with Gasteiger partial charge in [-0.3, -0.25) is 4.79 Å². The summed E-state index contributed by atoms with van der Waals surface area (Å²) in [6, 6.07) is 6.23. The summed E-state index contributed by atoms with van der Waals surface area (Å²) in [4.78, 5) is 13.8. The van der Waals surface area contributed by atoms with Crippen molar-refractivity contribution in [2.75, 3.05) is 30.8 Å². The Morgan fingerprint density at radius 1 is 1.40 bits per heavy atom. The van der Waals surface area contributed by atoms with Crippen molar-refractivity contribution in [3.05, 3.63) is 18.2 Å². The molecular weight excluding hydrogens is 254 g/mol. The predicted octanol–water partition coefficient (Wildman–Crippen LogP) is 1.38. The zero-order chi connectivity index (χ0) is 14.1. The molecule has 0 radical (unpaired) electrons. The molecule has 2 atom stereocenters. The maximum absolute atomic E-state index is 11.4. The standard InChI is InChI=1S/C15H21N3O2/c1-20-13-4-2-3-12(15(13)16)18-8-7-11-10(9-18)5-6-14(19)17-11/h2-4,10-11H,5-9,16H2,1H3,(H,17,19). The van der Waals surface area contributed by atoms with E-state index in [0.29, 0.717) is 24.1 Å². The number of piperidine rings is 2. The second-order valence-corrected chi connectivity index (χ2v) is 5.60. The molecule has 0 saturated carbocycles. The van der Waals surface area contributed by atoms with Gasteiger partial charge >= 0.3 is 0 Å². The number of amides is 1. The third-order valence-corrected chi connectivity index (χ3v) is 4.43. The molecule has 1 amide bonds. The Bertz CT molecular complexity index is 518. The molecule has 2 saturated heterocycles. The van der Waals surface area contributed by atoms with Gasteiger partial charge in [-0.15, -0.1) is 0 Å². The van der Waals surface area contributed by atoms with Gasteiger partial charge in [0.1, 0.15) is 5.75 Å². The van der Waals surface area contributed by atoms with Crippen molar-refractivity contribution in [2.45, 2.75) is 25.3 Å². The topological polar surface area (TPSA) is 67.6 Å². The van der Waals surface area contributed by atoms with Crippen LogP contribution in [-0.2, 0) is 4.79 Å². The lowest BCUT2D eigenvalue weighted by Crippen LogP contribution is -2.54. The molecule has 0 bridgehead atoms. The highest BCUT2D eigenvalue weighted by Crippen LogP contribution is 2.35. The first-order valence-corrected chi connectivity index (χ1v) is 7.16. The van der Waals surface area contributed by atoms with E-state index in [4.69, 9.17) is 10.5 Å². The van der Waals surface area contributed by atoms with Crippen LogP contribution in [0.1, 0.15) is 19.3 Å². The minimum absolute atomic E-state index is 0.195. The molecule has 20 heavy (non-hydrogen) atoms. The fraction of sp³-hybridized carbons (Fsp3) is 0.533. The Labute approximate surface area is 119 Å². The Morgan fingerprint density at radius 3 is 3.05 bits per heavy atom. The number of fused-ring (bicyclic) bond motifs is 1. The van der Waals surface area contributed by atoms with Gasteiger partial charge < -0.3 is 20.7 Å². The lowest BCUT2D eigenvalue weighted by Gasteiger charge is -2.42. The number of hydrogen-bond acceptors (Lipinski definition) is 4. The number of methoxy groups -OCH3 is 1. The van der Waals surface area contributed by atoms with E-state index in [2.05, 4.69) is 10.2 Å². The Morgan fingerprint density at radius 2 is 2.25 bits per heavy atom. The van der Waals surface area contributed by atoms with Crippen molar-refractivity contribution in [1.82, 2.24) is 5.32 Å². The number of para-hydroxylation sites is 1. The molecule has 3 rings (SSSR count). The molecule has 2 unspecified atom stereocenters. The maximum Gasteiger partial charge on any atom is 0.220 e. The highest BCUT2D eigenvalue weighted by Gasteiger charge is 2.34. The van der Waals surface area contributed by atoms with Gasteiger partial charge in [-0.05, 0) is 30.9 Å². The zero-order valence-corrected chi connectivity index (χ0v) is 11.8. The fourth-order valence-electron chi connectivity index (χ4n) is 3.32. The first-order valence-electron chi connectivity index (χ1n) is 7.16.